The van der Waals surface area contributed by atoms with Gasteiger partial charge in [-0.3, -0.25) is 9.59 Å². The van der Waals surface area contributed by atoms with Gasteiger partial charge in [-0.25, -0.2) is 0 Å². The lowest BCUT2D eigenvalue weighted by atomic mass is 10.0. The number of Topliss-reactive ketones (excluding diaryl/α,β-unsaturated/α-hetero) is 1. The molecule has 2 aromatic rings. The Labute approximate surface area is 149 Å². The van der Waals surface area contributed by atoms with Crippen LogP contribution >= 0.6 is 0 Å². The average Bonchev–Trinajstić information content (AvgIpc) is 2.65. The standard InChI is InChI=1S/C21H25NO3/c1-4-19(16-9-11-18(25-3)12-10-16)22-21(24)14-13-20(23)17-7-5-15(2)6-8-17/h5-12,19H,4,13-14H2,1-3H3,(H,22,24). The van der Waals surface area contributed by atoms with E-state index in [1.165, 1.54) is 0 Å². The molecule has 0 bridgehead atoms. The van der Waals surface area contributed by atoms with E-state index in [1.54, 1.807) is 7.11 Å². The van der Waals surface area contributed by atoms with Gasteiger partial charge in [0.25, 0.3) is 0 Å². The van der Waals surface area contributed by atoms with Crippen molar-refractivity contribution in [2.45, 2.75) is 39.2 Å². The van der Waals surface area contributed by atoms with Gasteiger partial charge < -0.3 is 10.1 Å². The first-order chi connectivity index (χ1) is 12.0. The lowest BCUT2D eigenvalue weighted by Crippen LogP contribution is -2.28. The monoisotopic (exact) mass is 339 g/mol. The van der Waals surface area contributed by atoms with E-state index in [1.807, 2.05) is 62.4 Å². The molecule has 1 amide bonds. The van der Waals surface area contributed by atoms with E-state index in [2.05, 4.69) is 5.32 Å². The van der Waals surface area contributed by atoms with Crippen molar-refractivity contribution in [1.82, 2.24) is 5.32 Å². The van der Waals surface area contributed by atoms with Crippen molar-refractivity contribution in [3.05, 3.63) is 65.2 Å². The number of ether oxygens (including phenoxy) is 1. The number of hydrogen-bond acceptors (Lipinski definition) is 3. The number of benzene rings is 2. The van der Waals surface area contributed by atoms with Crippen LogP contribution in [0.5, 0.6) is 5.75 Å². The Bertz CT molecular complexity index is 705. The highest BCUT2D eigenvalue weighted by atomic mass is 16.5. The summed E-state index contributed by atoms with van der Waals surface area (Å²) in [7, 11) is 1.62. The van der Waals surface area contributed by atoms with Crippen LogP contribution in [-0.2, 0) is 4.79 Å². The van der Waals surface area contributed by atoms with Gasteiger partial charge in [-0.15, -0.1) is 0 Å². The Kier molecular flexibility index (Phi) is 6.75. The fourth-order valence-electron chi connectivity index (χ4n) is 2.63. The highest BCUT2D eigenvalue weighted by Crippen LogP contribution is 2.20. The first kappa shape index (κ1) is 18.7. The topological polar surface area (TPSA) is 55.4 Å². The molecule has 132 valence electrons. The molecule has 1 N–H and O–H groups in total. The third-order valence-corrected chi connectivity index (χ3v) is 4.21. The van der Waals surface area contributed by atoms with Crippen molar-refractivity contribution in [2.75, 3.05) is 7.11 Å². The molecule has 4 heteroatoms. The van der Waals surface area contributed by atoms with Crippen molar-refractivity contribution in [2.24, 2.45) is 0 Å². The van der Waals surface area contributed by atoms with Crippen molar-refractivity contribution in [3.8, 4) is 5.75 Å². The van der Waals surface area contributed by atoms with E-state index in [-0.39, 0.29) is 30.6 Å². The molecule has 0 fully saturated rings. The summed E-state index contributed by atoms with van der Waals surface area (Å²) in [5.41, 5.74) is 2.79. The molecular weight excluding hydrogens is 314 g/mol. The van der Waals surface area contributed by atoms with Crippen LogP contribution in [-0.4, -0.2) is 18.8 Å². The fraction of sp³-hybridized carbons (Fsp3) is 0.333. The van der Waals surface area contributed by atoms with Crippen molar-refractivity contribution < 1.29 is 14.3 Å². The molecule has 0 aliphatic carbocycles. The van der Waals surface area contributed by atoms with Crippen LogP contribution < -0.4 is 10.1 Å². The van der Waals surface area contributed by atoms with Crippen LogP contribution in [0.4, 0.5) is 0 Å². The predicted molar refractivity (Wildman–Crippen MR) is 98.9 cm³/mol. The summed E-state index contributed by atoms with van der Waals surface area (Å²) in [6, 6.07) is 15.0. The van der Waals surface area contributed by atoms with E-state index < -0.39 is 0 Å². The van der Waals surface area contributed by atoms with E-state index >= 15 is 0 Å². The molecule has 0 saturated heterocycles. The Morgan fingerprint density at radius 1 is 1.00 bits per heavy atom. The molecule has 0 aliphatic heterocycles. The van der Waals surface area contributed by atoms with E-state index in [0.717, 1.165) is 23.3 Å². The molecule has 0 spiro atoms. The first-order valence-electron chi connectivity index (χ1n) is 8.56. The maximum Gasteiger partial charge on any atom is 0.220 e. The molecule has 0 aliphatic rings. The number of nitrogens with one attached hydrogen (secondary N) is 1. The van der Waals surface area contributed by atoms with Crippen LogP contribution in [0.3, 0.4) is 0 Å². The van der Waals surface area contributed by atoms with Gasteiger partial charge in [-0.1, -0.05) is 48.9 Å². The van der Waals surface area contributed by atoms with Crippen molar-refractivity contribution in [3.63, 3.8) is 0 Å². The zero-order valence-electron chi connectivity index (χ0n) is 15.0. The number of hydrogen-bond donors (Lipinski definition) is 1. The molecule has 25 heavy (non-hydrogen) atoms. The van der Waals surface area contributed by atoms with Gasteiger partial charge in [0, 0.05) is 18.4 Å². The maximum absolute atomic E-state index is 12.2. The second-order valence-corrected chi connectivity index (χ2v) is 6.09. The zero-order chi connectivity index (χ0) is 18.2. The predicted octanol–water partition coefficient (Wildman–Crippen LogP) is 4.23. The minimum atomic E-state index is -0.108. The Hall–Kier alpha value is -2.62. The lowest BCUT2D eigenvalue weighted by molar-refractivity contribution is -0.121. The largest absolute Gasteiger partial charge is 0.497 e. The first-order valence-corrected chi connectivity index (χ1v) is 8.56. The van der Waals surface area contributed by atoms with E-state index in [9.17, 15) is 9.59 Å². The lowest BCUT2D eigenvalue weighted by Gasteiger charge is -2.17. The van der Waals surface area contributed by atoms with E-state index in [4.69, 9.17) is 4.74 Å². The van der Waals surface area contributed by atoms with Gasteiger partial charge in [0.05, 0.1) is 13.2 Å². The van der Waals surface area contributed by atoms with Gasteiger partial charge in [0.2, 0.25) is 5.91 Å². The fourth-order valence-corrected chi connectivity index (χ4v) is 2.63. The average molecular weight is 339 g/mol. The number of methoxy groups -OCH3 is 1. The third-order valence-electron chi connectivity index (χ3n) is 4.21. The molecule has 2 rings (SSSR count). The maximum atomic E-state index is 12.2. The second kappa shape index (κ2) is 9.02. The molecule has 1 unspecified atom stereocenters. The van der Waals surface area contributed by atoms with Crippen LogP contribution in [0.1, 0.15) is 53.7 Å². The number of carbonyl (C=O) groups excluding carboxylic acids is 2. The smallest absolute Gasteiger partial charge is 0.220 e. The summed E-state index contributed by atoms with van der Waals surface area (Å²) in [5.74, 6) is 0.671. The molecular formula is C21H25NO3. The second-order valence-electron chi connectivity index (χ2n) is 6.09. The Morgan fingerprint density at radius 3 is 2.20 bits per heavy atom. The Balaban J connectivity index is 1.88. The van der Waals surface area contributed by atoms with Crippen molar-refractivity contribution in [1.29, 1.82) is 0 Å². The van der Waals surface area contributed by atoms with Crippen LogP contribution in [0.25, 0.3) is 0 Å². The SMILES string of the molecule is CCC(NC(=O)CCC(=O)c1ccc(C)cc1)c1ccc(OC)cc1. The number of aryl methyl sites for hydroxylation is 1. The summed E-state index contributed by atoms with van der Waals surface area (Å²) >= 11 is 0. The van der Waals surface area contributed by atoms with Crippen molar-refractivity contribution >= 4 is 11.7 Å². The van der Waals surface area contributed by atoms with Gasteiger partial charge in [0.1, 0.15) is 5.75 Å². The number of amides is 1. The Morgan fingerprint density at radius 2 is 1.64 bits per heavy atom. The van der Waals surface area contributed by atoms with Gasteiger partial charge >= 0.3 is 0 Å². The highest BCUT2D eigenvalue weighted by molar-refractivity contribution is 5.98. The van der Waals surface area contributed by atoms with Gasteiger partial charge in [0.15, 0.2) is 5.78 Å². The van der Waals surface area contributed by atoms with Crippen LogP contribution in [0, 0.1) is 6.92 Å². The summed E-state index contributed by atoms with van der Waals surface area (Å²) in [6.45, 7) is 4.00. The zero-order valence-corrected chi connectivity index (χ0v) is 15.0. The number of rotatable bonds is 8. The molecule has 0 aromatic heterocycles. The number of ketones is 1. The summed E-state index contributed by atoms with van der Waals surface area (Å²) in [4.78, 5) is 24.4. The van der Waals surface area contributed by atoms with Gasteiger partial charge in [-0.2, -0.15) is 0 Å². The quantitative estimate of drug-likeness (QED) is 0.732. The summed E-state index contributed by atoms with van der Waals surface area (Å²) in [6.07, 6.45) is 1.19. The third kappa shape index (κ3) is 5.45. The molecule has 2 aromatic carbocycles. The van der Waals surface area contributed by atoms with Crippen LogP contribution in [0.2, 0.25) is 0 Å². The molecule has 1 atom stereocenters. The molecule has 0 heterocycles. The van der Waals surface area contributed by atoms with E-state index in [0.29, 0.717) is 5.56 Å². The molecule has 4 nitrogen and oxygen atoms in total. The normalized spacial score (nSPS) is 11.6. The minimum Gasteiger partial charge on any atom is -0.497 e. The number of carbonyl (C=O) groups is 2. The summed E-state index contributed by atoms with van der Waals surface area (Å²) in [5, 5.41) is 3.00. The van der Waals surface area contributed by atoms with Crippen LogP contribution in [0.15, 0.2) is 48.5 Å². The molecule has 0 radical (unpaired) electrons. The highest BCUT2D eigenvalue weighted by Gasteiger charge is 2.14. The molecule has 0 saturated carbocycles. The minimum absolute atomic E-state index is 0.00681. The summed E-state index contributed by atoms with van der Waals surface area (Å²) < 4.78 is 5.15. The van der Waals surface area contributed by atoms with Gasteiger partial charge in [-0.05, 0) is 31.0 Å².